The molecule has 4 rings (SSSR count). The molecule has 118 valence electrons. The number of hydrogen-bond donors (Lipinski definition) is 1. The van der Waals surface area contributed by atoms with Crippen LogP contribution in [0.25, 0.3) is 22.2 Å². The van der Waals surface area contributed by atoms with Crippen molar-refractivity contribution in [3.05, 3.63) is 54.4 Å². The fourth-order valence-electron chi connectivity index (χ4n) is 3.09. The maximum absolute atomic E-state index is 11.4. The maximum Gasteiger partial charge on any atom is 0.137 e. The zero-order valence-corrected chi connectivity index (χ0v) is 13.7. The van der Waals surface area contributed by atoms with E-state index in [1.54, 1.807) is 0 Å². The summed E-state index contributed by atoms with van der Waals surface area (Å²) < 4.78 is 11.4. The van der Waals surface area contributed by atoms with Gasteiger partial charge in [0.2, 0.25) is 0 Å². The zero-order chi connectivity index (χ0) is 15.6. The second-order valence-corrected chi connectivity index (χ2v) is 7.62. The van der Waals surface area contributed by atoms with E-state index in [1.807, 2.05) is 12.4 Å². The normalized spacial score (nSPS) is 16.9. The lowest BCUT2D eigenvalue weighted by atomic mass is 10.0. The maximum atomic E-state index is 11.4. The second-order valence-electron chi connectivity index (χ2n) is 5.92. The van der Waals surface area contributed by atoms with Crippen LogP contribution in [0.2, 0.25) is 0 Å². The molecule has 3 aromatic rings. The lowest BCUT2D eigenvalue weighted by Crippen LogP contribution is -2.39. The molecule has 0 aliphatic carbocycles. The summed E-state index contributed by atoms with van der Waals surface area (Å²) in [5.41, 5.74) is 4.64. The number of nitrogens with zero attached hydrogens (tertiary/aromatic N) is 2. The Labute approximate surface area is 138 Å². The summed E-state index contributed by atoms with van der Waals surface area (Å²) in [6.45, 7) is 2.80. The minimum atomic E-state index is -0.608. The molecule has 0 spiro atoms. The van der Waals surface area contributed by atoms with E-state index in [0.717, 1.165) is 42.2 Å². The van der Waals surface area contributed by atoms with Crippen LogP contribution in [0.5, 0.6) is 0 Å². The summed E-state index contributed by atoms with van der Waals surface area (Å²) in [5, 5.41) is 1.15. The SMILES string of the molecule is [O-][S+]1CCN(Cc2ccc(-c3ccnc4[nH]ccc34)cc2)CC1. The summed E-state index contributed by atoms with van der Waals surface area (Å²) in [5.74, 6) is 1.61. The Morgan fingerprint density at radius 3 is 2.65 bits per heavy atom. The molecule has 1 fully saturated rings. The van der Waals surface area contributed by atoms with Crippen molar-refractivity contribution >= 4 is 22.2 Å². The molecule has 0 saturated carbocycles. The predicted molar refractivity (Wildman–Crippen MR) is 94.7 cm³/mol. The number of H-pyrrole nitrogens is 1. The highest BCUT2D eigenvalue weighted by Crippen LogP contribution is 2.27. The van der Waals surface area contributed by atoms with Gasteiger partial charge in [0.05, 0.1) is 0 Å². The molecule has 1 N–H and O–H groups in total. The van der Waals surface area contributed by atoms with Gasteiger partial charge in [-0.05, 0) is 28.8 Å². The molecule has 0 radical (unpaired) electrons. The van der Waals surface area contributed by atoms with Crippen molar-refractivity contribution in [1.29, 1.82) is 0 Å². The predicted octanol–water partition coefficient (Wildman–Crippen LogP) is 2.79. The Balaban J connectivity index is 1.53. The number of pyridine rings is 1. The Morgan fingerprint density at radius 1 is 1.09 bits per heavy atom. The van der Waals surface area contributed by atoms with Crippen LogP contribution in [0.1, 0.15) is 5.56 Å². The summed E-state index contributed by atoms with van der Waals surface area (Å²) in [6.07, 6.45) is 3.77. The van der Waals surface area contributed by atoms with Crippen LogP contribution in [0.4, 0.5) is 0 Å². The number of aromatic amines is 1. The summed E-state index contributed by atoms with van der Waals surface area (Å²) in [7, 11) is 0. The average molecular weight is 325 g/mol. The Hall–Kier alpha value is -1.82. The van der Waals surface area contributed by atoms with E-state index in [4.69, 9.17) is 0 Å². The van der Waals surface area contributed by atoms with E-state index < -0.39 is 11.2 Å². The topological polar surface area (TPSA) is 55.0 Å². The molecule has 1 aromatic carbocycles. The van der Waals surface area contributed by atoms with Crippen molar-refractivity contribution in [2.75, 3.05) is 24.6 Å². The molecule has 1 aliphatic heterocycles. The number of rotatable bonds is 3. The van der Waals surface area contributed by atoms with Crippen molar-refractivity contribution in [1.82, 2.24) is 14.9 Å². The Morgan fingerprint density at radius 2 is 1.87 bits per heavy atom. The molecule has 4 nitrogen and oxygen atoms in total. The van der Waals surface area contributed by atoms with Crippen molar-refractivity contribution in [2.24, 2.45) is 0 Å². The fourth-order valence-corrected chi connectivity index (χ4v) is 4.22. The van der Waals surface area contributed by atoms with E-state index in [2.05, 4.69) is 51.3 Å². The second kappa shape index (κ2) is 6.35. The number of hydrogen-bond acceptors (Lipinski definition) is 3. The molecule has 2 aromatic heterocycles. The van der Waals surface area contributed by atoms with Crippen LogP contribution in [0.15, 0.2) is 48.8 Å². The number of nitrogens with one attached hydrogen (secondary N) is 1. The van der Waals surface area contributed by atoms with Gasteiger partial charge in [-0.3, -0.25) is 4.90 Å². The van der Waals surface area contributed by atoms with E-state index in [1.165, 1.54) is 16.7 Å². The van der Waals surface area contributed by atoms with E-state index in [0.29, 0.717) is 0 Å². The third-order valence-corrected chi connectivity index (χ3v) is 5.68. The molecular weight excluding hydrogens is 306 g/mol. The summed E-state index contributed by atoms with van der Waals surface area (Å²) in [4.78, 5) is 9.88. The van der Waals surface area contributed by atoms with Gasteiger partial charge < -0.3 is 9.54 Å². The molecule has 1 saturated heterocycles. The lowest BCUT2D eigenvalue weighted by Gasteiger charge is -2.28. The quantitative estimate of drug-likeness (QED) is 0.753. The zero-order valence-electron chi connectivity index (χ0n) is 12.9. The van der Waals surface area contributed by atoms with Crippen molar-refractivity contribution < 1.29 is 4.55 Å². The van der Waals surface area contributed by atoms with Gasteiger partial charge in [0.15, 0.2) is 0 Å². The molecule has 1 aliphatic rings. The molecule has 23 heavy (non-hydrogen) atoms. The van der Waals surface area contributed by atoms with Crippen molar-refractivity contribution in [3.63, 3.8) is 0 Å². The summed E-state index contributed by atoms with van der Waals surface area (Å²) in [6, 6.07) is 12.9. The van der Waals surface area contributed by atoms with Gasteiger partial charge in [-0.1, -0.05) is 35.4 Å². The average Bonchev–Trinajstić information content (AvgIpc) is 3.06. The Kier molecular flexibility index (Phi) is 4.08. The molecular formula is C18H19N3OS. The first-order chi connectivity index (χ1) is 11.3. The number of benzene rings is 1. The van der Waals surface area contributed by atoms with E-state index >= 15 is 0 Å². The van der Waals surface area contributed by atoms with Gasteiger partial charge in [-0.15, -0.1) is 0 Å². The minimum absolute atomic E-state index is 0.608. The first kappa shape index (κ1) is 14.8. The van der Waals surface area contributed by atoms with Crippen LogP contribution in [-0.2, 0) is 17.7 Å². The highest BCUT2D eigenvalue weighted by Gasteiger charge is 2.19. The monoisotopic (exact) mass is 325 g/mol. The van der Waals surface area contributed by atoms with Crippen LogP contribution in [-0.4, -0.2) is 44.0 Å². The third-order valence-electron chi connectivity index (χ3n) is 4.40. The van der Waals surface area contributed by atoms with Gasteiger partial charge in [0, 0.05) is 37.4 Å². The molecule has 0 unspecified atom stereocenters. The highest BCUT2D eigenvalue weighted by molar-refractivity contribution is 7.91. The largest absolute Gasteiger partial charge is 0.616 e. The van der Waals surface area contributed by atoms with Gasteiger partial charge >= 0.3 is 0 Å². The molecule has 5 heteroatoms. The van der Waals surface area contributed by atoms with Crippen LogP contribution in [0.3, 0.4) is 0 Å². The van der Waals surface area contributed by atoms with Gasteiger partial charge in [-0.2, -0.15) is 0 Å². The van der Waals surface area contributed by atoms with Crippen LogP contribution in [0, 0.1) is 0 Å². The smallest absolute Gasteiger partial charge is 0.137 e. The number of aromatic nitrogens is 2. The molecule has 0 amide bonds. The first-order valence-electron chi connectivity index (χ1n) is 7.88. The molecule has 3 heterocycles. The van der Waals surface area contributed by atoms with Gasteiger partial charge in [0.1, 0.15) is 17.2 Å². The van der Waals surface area contributed by atoms with Gasteiger partial charge in [0.25, 0.3) is 0 Å². The standard InChI is InChI=1S/C18H19N3OS/c22-23-11-9-21(10-12-23)13-14-1-3-15(4-2-14)16-5-7-19-18-17(16)6-8-20-18/h1-8H,9-13H2,(H,19,20). The molecule has 0 bridgehead atoms. The fraction of sp³-hybridized carbons (Fsp3) is 0.278. The van der Waals surface area contributed by atoms with Crippen LogP contribution >= 0.6 is 0 Å². The van der Waals surface area contributed by atoms with Crippen LogP contribution < -0.4 is 0 Å². The van der Waals surface area contributed by atoms with E-state index in [9.17, 15) is 4.55 Å². The van der Waals surface area contributed by atoms with Gasteiger partial charge in [-0.25, -0.2) is 4.98 Å². The number of fused-ring (bicyclic) bond motifs is 1. The highest BCUT2D eigenvalue weighted by atomic mass is 32.2. The minimum Gasteiger partial charge on any atom is -0.616 e. The lowest BCUT2D eigenvalue weighted by molar-refractivity contribution is 0.287. The first-order valence-corrected chi connectivity index (χ1v) is 9.37. The van der Waals surface area contributed by atoms with E-state index in [-0.39, 0.29) is 0 Å². The van der Waals surface area contributed by atoms with Crippen molar-refractivity contribution in [3.8, 4) is 11.1 Å². The van der Waals surface area contributed by atoms with Crippen molar-refractivity contribution in [2.45, 2.75) is 6.54 Å². The molecule has 0 atom stereocenters. The Bertz CT molecular complexity index is 791. The third kappa shape index (κ3) is 3.13. The summed E-state index contributed by atoms with van der Waals surface area (Å²) >= 11 is -0.608.